The van der Waals surface area contributed by atoms with E-state index in [1.807, 2.05) is 6.07 Å². The minimum absolute atomic E-state index is 0.159. The summed E-state index contributed by atoms with van der Waals surface area (Å²) in [6.07, 6.45) is 2.89. The van der Waals surface area contributed by atoms with E-state index >= 15 is 0 Å². The third-order valence-electron chi connectivity index (χ3n) is 4.08. The molecule has 0 aliphatic heterocycles. The van der Waals surface area contributed by atoms with E-state index < -0.39 is 6.10 Å². The number of hydrogen-bond donors (Lipinski definition) is 2. The van der Waals surface area contributed by atoms with E-state index in [-0.39, 0.29) is 23.2 Å². The van der Waals surface area contributed by atoms with Gasteiger partial charge in [0.25, 0.3) is 11.5 Å². The molecule has 1 aromatic heterocycles. The first kappa shape index (κ1) is 15.4. The second kappa shape index (κ2) is 6.75. The fraction of sp³-hybridized carbons (Fsp3) is 0.353. The maximum atomic E-state index is 12.4. The largest absolute Gasteiger partial charge is 0.391 e. The van der Waals surface area contributed by atoms with Crippen LogP contribution in [0.1, 0.15) is 36.2 Å². The number of benzene rings is 1. The Bertz CT molecular complexity index is 742. The highest BCUT2D eigenvalue weighted by Crippen LogP contribution is 2.18. The van der Waals surface area contributed by atoms with Gasteiger partial charge in [-0.3, -0.25) is 9.59 Å². The molecular weight excluding hydrogens is 294 g/mol. The smallest absolute Gasteiger partial charge is 0.272 e. The normalized spacial score (nSPS) is 20.9. The molecule has 0 spiro atoms. The molecule has 1 amide bonds. The molecule has 2 N–H and O–H groups in total. The van der Waals surface area contributed by atoms with Gasteiger partial charge in [-0.1, -0.05) is 31.0 Å². The number of carbonyl (C=O) groups excluding carboxylic acids is 1. The Hall–Kier alpha value is -2.47. The fourth-order valence-electron chi connectivity index (χ4n) is 2.81. The van der Waals surface area contributed by atoms with Crippen molar-refractivity contribution in [2.75, 3.05) is 0 Å². The van der Waals surface area contributed by atoms with Crippen LogP contribution in [0.25, 0.3) is 5.69 Å². The van der Waals surface area contributed by atoms with Gasteiger partial charge in [-0.15, -0.1) is 0 Å². The average molecular weight is 313 g/mol. The number of rotatable bonds is 3. The molecule has 23 heavy (non-hydrogen) atoms. The predicted octanol–water partition coefficient (Wildman–Crippen LogP) is 1.27. The summed E-state index contributed by atoms with van der Waals surface area (Å²) in [6.45, 7) is 0. The van der Waals surface area contributed by atoms with Gasteiger partial charge in [-0.2, -0.15) is 9.78 Å². The Kier molecular flexibility index (Phi) is 4.52. The highest BCUT2D eigenvalue weighted by atomic mass is 16.3. The molecule has 1 heterocycles. The van der Waals surface area contributed by atoms with E-state index in [1.165, 1.54) is 16.8 Å². The number of hydrogen-bond acceptors (Lipinski definition) is 4. The predicted molar refractivity (Wildman–Crippen MR) is 85.6 cm³/mol. The molecule has 2 aromatic rings. The molecule has 0 radical (unpaired) electrons. The van der Waals surface area contributed by atoms with E-state index in [0.717, 1.165) is 19.3 Å². The van der Waals surface area contributed by atoms with Crippen LogP contribution in [0.4, 0.5) is 0 Å². The second-order valence-electron chi connectivity index (χ2n) is 5.74. The van der Waals surface area contributed by atoms with Crippen LogP contribution in [-0.2, 0) is 0 Å². The number of aliphatic hydroxyl groups excluding tert-OH is 1. The Balaban J connectivity index is 1.83. The number of aromatic nitrogens is 2. The van der Waals surface area contributed by atoms with E-state index in [0.29, 0.717) is 12.1 Å². The van der Waals surface area contributed by atoms with Crippen LogP contribution in [0.5, 0.6) is 0 Å². The molecule has 1 saturated carbocycles. The Labute approximate surface area is 133 Å². The minimum Gasteiger partial charge on any atom is -0.391 e. The summed E-state index contributed by atoms with van der Waals surface area (Å²) >= 11 is 0. The lowest BCUT2D eigenvalue weighted by Gasteiger charge is -2.28. The zero-order valence-corrected chi connectivity index (χ0v) is 12.7. The van der Waals surface area contributed by atoms with Gasteiger partial charge in [0.05, 0.1) is 17.8 Å². The average Bonchev–Trinajstić information content (AvgIpc) is 2.58. The number of nitrogens with one attached hydrogen (secondary N) is 1. The van der Waals surface area contributed by atoms with Gasteiger partial charge in [-0.05, 0) is 31.0 Å². The molecule has 1 aliphatic carbocycles. The molecule has 2 unspecified atom stereocenters. The van der Waals surface area contributed by atoms with Crippen molar-refractivity contribution in [1.29, 1.82) is 0 Å². The summed E-state index contributed by atoms with van der Waals surface area (Å²) in [5.74, 6) is -0.374. The number of para-hydroxylation sites is 1. The highest BCUT2D eigenvalue weighted by Gasteiger charge is 2.25. The molecule has 0 saturated heterocycles. The van der Waals surface area contributed by atoms with Crippen molar-refractivity contribution in [3.8, 4) is 5.69 Å². The van der Waals surface area contributed by atoms with Crippen LogP contribution in [0.15, 0.2) is 47.3 Å². The summed E-state index contributed by atoms with van der Waals surface area (Å²) in [4.78, 5) is 24.3. The SMILES string of the molecule is O=C(NC1CCCCC1O)c1ccc(=O)n(-c2ccccc2)n1. The Morgan fingerprint density at radius 1 is 1.13 bits per heavy atom. The van der Waals surface area contributed by atoms with Crippen LogP contribution in [0.3, 0.4) is 0 Å². The van der Waals surface area contributed by atoms with E-state index in [4.69, 9.17) is 0 Å². The van der Waals surface area contributed by atoms with Crippen molar-refractivity contribution in [2.24, 2.45) is 0 Å². The fourth-order valence-corrected chi connectivity index (χ4v) is 2.81. The van der Waals surface area contributed by atoms with Gasteiger partial charge in [0, 0.05) is 6.07 Å². The first-order valence-corrected chi connectivity index (χ1v) is 7.80. The molecule has 0 bridgehead atoms. The van der Waals surface area contributed by atoms with Crippen molar-refractivity contribution in [2.45, 2.75) is 37.8 Å². The first-order valence-electron chi connectivity index (χ1n) is 7.80. The summed E-state index contributed by atoms with van der Waals surface area (Å²) in [6, 6.07) is 11.4. The third kappa shape index (κ3) is 3.48. The van der Waals surface area contributed by atoms with Gasteiger partial charge in [0.15, 0.2) is 0 Å². The van der Waals surface area contributed by atoms with Crippen LogP contribution >= 0.6 is 0 Å². The monoisotopic (exact) mass is 313 g/mol. The van der Waals surface area contributed by atoms with E-state index in [2.05, 4.69) is 10.4 Å². The molecule has 1 fully saturated rings. The molecular formula is C17H19N3O3. The van der Waals surface area contributed by atoms with Crippen LogP contribution < -0.4 is 10.9 Å². The molecule has 3 rings (SSSR count). The highest BCUT2D eigenvalue weighted by molar-refractivity contribution is 5.92. The Morgan fingerprint density at radius 2 is 1.87 bits per heavy atom. The quantitative estimate of drug-likeness (QED) is 0.893. The summed E-state index contributed by atoms with van der Waals surface area (Å²) < 4.78 is 1.20. The molecule has 1 aliphatic rings. The van der Waals surface area contributed by atoms with Crippen LogP contribution in [-0.4, -0.2) is 32.9 Å². The molecule has 120 valence electrons. The van der Waals surface area contributed by atoms with Crippen molar-refractivity contribution in [1.82, 2.24) is 15.1 Å². The zero-order valence-electron chi connectivity index (χ0n) is 12.7. The van der Waals surface area contributed by atoms with Gasteiger partial charge in [0.2, 0.25) is 0 Å². The van der Waals surface area contributed by atoms with Gasteiger partial charge in [-0.25, -0.2) is 0 Å². The van der Waals surface area contributed by atoms with Crippen molar-refractivity contribution in [3.05, 3.63) is 58.5 Å². The number of carbonyl (C=O) groups is 1. The standard InChI is InChI=1S/C17H19N3O3/c21-15-9-5-4-8-13(15)18-17(23)14-10-11-16(22)20(19-14)12-6-2-1-3-7-12/h1-3,6-7,10-11,13,15,21H,4-5,8-9H2,(H,18,23). The lowest BCUT2D eigenvalue weighted by Crippen LogP contribution is -2.45. The van der Waals surface area contributed by atoms with Gasteiger partial charge >= 0.3 is 0 Å². The summed E-state index contributed by atoms with van der Waals surface area (Å²) in [5, 5.41) is 16.9. The lowest BCUT2D eigenvalue weighted by molar-refractivity contribution is 0.0712. The molecule has 6 heteroatoms. The van der Waals surface area contributed by atoms with Crippen LogP contribution in [0.2, 0.25) is 0 Å². The second-order valence-corrected chi connectivity index (χ2v) is 5.74. The van der Waals surface area contributed by atoms with Gasteiger partial charge in [0.1, 0.15) is 5.69 Å². The zero-order chi connectivity index (χ0) is 16.2. The summed E-state index contributed by atoms with van der Waals surface area (Å²) in [7, 11) is 0. The van der Waals surface area contributed by atoms with Gasteiger partial charge < -0.3 is 10.4 Å². The van der Waals surface area contributed by atoms with E-state index in [1.54, 1.807) is 24.3 Å². The molecule has 2 atom stereocenters. The lowest BCUT2D eigenvalue weighted by atomic mass is 9.92. The first-order chi connectivity index (χ1) is 11.1. The van der Waals surface area contributed by atoms with Crippen molar-refractivity contribution in [3.63, 3.8) is 0 Å². The third-order valence-corrected chi connectivity index (χ3v) is 4.08. The molecule has 6 nitrogen and oxygen atoms in total. The number of amides is 1. The minimum atomic E-state index is -0.521. The Morgan fingerprint density at radius 3 is 2.61 bits per heavy atom. The van der Waals surface area contributed by atoms with Crippen molar-refractivity contribution >= 4 is 5.91 Å². The van der Waals surface area contributed by atoms with E-state index in [9.17, 15) is 14.7 Å². The number of aliphatic hydroxyl groups is 1. The maximum absolute atomic E-state index is 12.4. The maximum Gasteiger partial charge on any atom is 0.272 e. The van der Waals surface area contributed by atoms with Crippen LogP contribution in [0, 0.1) is 0 Å². The summed E-state index contributed by atoms with van der Waals surface area (Å²) in [5.41, 5.74) is 0.460. The van der Waals surface area contributed by atoms with Crippen molar-refractivity contribution < 1.29 is 9.90 Å². The number of nitrogens with zero attached hydrogens (tertiary/aromatic N) is 2. The topological polar surface area (TPSA) is 84.2 Å². The molecule has 1 aromatic carbocycles.